The fourth-order valence-electron chi connectivity index (χ4n) is 3.13. The summed E-state index contributed by atoms with van der Waals surface area (Å²) in [7, 11) is 2.11. The Bertz CT molecular complexity index is 457. The normalized spacial score (nSPS) is 31.9. The SMILES string of the molecule is CN1CCc2ccccc2C1C1CC1C(=O)O. The van der Waals surface area contributed by atoms with Gasteiger partial charge in [-0.15, -0.1) is 0 Å². The van der Waals surface area contributed by atoms with Gasteiger partial charge in [0.15, 0.2) is 0 Å². The maximum Gasteiger partial charge on any atom is 0.306 e. The Labute approximate surface area is 101 Å². The Kier molecular flexibility index (Phi) is 2.44. The van der Waals surface area contributed by atoms with Crippen molar-refractivity contribution >= 4 is 5.97 Å². The highest BCUT2D eigenvalue weighted by molar-refractivity contribution is 5.73. The lowest BCUT2D eigenvalue weighted by Crippen LogP contribution is -2.34. The molecule has 1 N–H and O–H groups in total. The molecule has 90 valence electrons. The van der Waals surface area contributed by atoms with Crippen LogP contribution >= 0.6 is 0 Å². The largest absolute Gasteiger partial charge is 0.481 e. The second-order valence-electron chi connectivity index (χ2n) is 5.22. The van der Waals surface area contributed by atoms with Crippen molar-refractivity contribution in [3.05, 3.63) is 35.4 Å². The van der Waals surface area contributed by atoms with Gasteiger partial charge in [0.05, 0.1) is 5.92 Å². The number of fused-ring (bicyclic) bond motifs is 1. The van der Waals surface area contributed by atoms with Gasteiger partial charge in [-0.25, -0.2) is 0 Å². The number of carbonyl (C=O) groups is 1. The Morgan fingerprint density at radius 3 is 2.88 bits per heavy atom. The lowest BCUT2D eigenvalue weighted by Gasteiger charge is -2.35. The molecule has 0 bridgehead atoms. The first-order valence-electron chi connectivity index (χ1n) is 6.19. The first-order chi connectivity index (χ1) is 8.18. The molecule has 3 atom stereocenters. The molecular weight excluding hydrogens is 214 g/mol. The van der Waals surface area contributed by atoms with Gasteiger partial charge in [-0.05, 0) is 36.9 Å². The van der Waals surface area contributed by atoms with E-state index in [1.165, 1.54) is 11.1 Å². The number of nitrogens with zero attached hydrogens (tertiary/aromatic N) is 1. The van der Waals surface area contributed by atoms with Crippen molar-refractivity contribution in [2.24, 2.45) is 11.8 Å². The van der Waals surface area contributed by atoms with E-state index >= 15 is 0 Å². The van der Waals surface area contributed by atoms with E-state index in [1.54, 1.807) is 0 Å². The summed E-state index contributed by atoms with van der Waals surface area (Å²) in [5.41, 5.74) is 2.74. The minimum absolute atomic E-state index is 0.131. The standard InChI is InChI=1S/C14H17NO2/c1-15-7-6-9-4-2-3-5-10(9)13(15)11-8-12(11)14(16)17/h2-5,11-13H,6-8H2,1H3,(H,16,17). The molecule has 0 aromatic heterocycles. The first kappa shape index (κ1) is 10.8. The Hall–Kier alpha value is -1.35. The summed E-state index contributed by atoms with van der Waals surface area (Å²) < 4.78 is 0. The number of carboxylic acids is 1. The molecule has 2 aliphatic rings. The zero-order valence-electron chi connectivity index (χ0n) is 9.97. The fraction of sp³-hybridized carbons (Fsp3) is 0.500. The lowest BCUT2D eigenvalue weighted by molar-refractivity contribution is -0.139. The fourth-order valence-corrected chi connectivity index (χ4v) is 3.13. The van der Waals surface area contributed by atoms with Crippen LogP contribution in [0.15, 0.2) is 24.3 Å². The number of benzene rings is 1. The molecule has 1 saturated carbocycles. The molecule has 0 spiro atoms. The summed E-state index contributed by atoms with van der Waals surface area (Å²) >= 11 is 0. The maximum atomic E-state index is 11.0. The van der Waals surface area contributed by atoms with Crippen LogP contribution in [-0.2, 0) is 11.2 Å². The zero-order valence-corrected chi connectivity index (χ0v) is 9.97. The predicted octanol–water partition coefficient (Wildman–Crippen LogP) is 1.94. The molecule has 1 aromatic carbocycles. The summed E-state index contributed by atoms with van der Waals surface area (Å²) in [5, 5.41) is 9.07. The summed E-state index contributed by atoms with van der Waals surface area (Å²) in [6.45, 7) is 1.03. The quantitative estimate of drug-likeness (QED) is 0.845. The monoisotopic (exact) mass is 231 g/mol. The third kappa shape index (κ3) is 1.75. The molecule has 0 saturated heterocycles. The maximum absolute atomic E-state index is 11.0. The highest BCUT2D eigenvalue weighted by Crippen LogP contribution is 2.51. The van der Waals surface area contributed by atoms with Crippen molar-refractivity contribution in [2.75, 3.05) is 13.6 Å². The average molecular weight is 231 g/mol. The molecule has 0 radical (unpaired) electrons. The van der Waals surface area contributed by atoms with Crippen LogP contribution in [0, 0.1) is 11.8 Å². The summed E-state index contributed by atoms with van der Waals surface area (Å²) in [4.78, 5) is 13.3. The molecular formula is C14H17NO2. The third-order valence-corrected chi connectivity index (χ3v) is 4.14. The van der Waals surface area contributed by atoms with Crippen LogP contribution in [0.4, 0.5) is 0 Å². The summed E-state index contributed by atoms with van der Waals surface area (Å²) in [6, 6.07) is 8.77. The molecule has 17 heavy (non-hydrogen) atoms. The molecule has 1 fully saturated rings. The molecule has 1 aliphatic heterocycles. The Morgan fingerprint density at radius 2 is 2.18 bits per heavy atom. The Morgan fingerprint density at radius 1 is 1.41 bits per heavy atom. The van der Waals surface area contributed by atoms with E-state index in [9.17, 15) is 4.79 Å². The van der Waals surface area contributed by atoms with E-state index in [1.807, 2.05) is 0 Å². The number of rotatable bonds is 2. The second-order valence-corrected chi connectivity index (χ2v) is 5.22. The van der Waals surface area contributed by atoms with Gasteiger partial charge in [-0.3, -0.25) is 9.69 Å². The number of hydrogen-bond acceptors (Lipinski definition) is 2. The van der Waals surface area contributed by atoms with Crippen molar-refractivity contribution in [3.63, 3.8) is 0 Å². The van der Waals surface area contributed by atoms with Gasteiger partial charge in [0.2, 0.25) is 0 Å². The van der Waals surface area contributed by atoms with E-state index in [0.29, 0.717) is 12.0 Å². The predicted molar refractivity (Wildman–Crippen MR) is 64.7 cm³/mol. The van der Waals surface area contributed by atoms with Crippen molar-refractivity contribution in [2.45, 2.75) is 18.9 Å². The van der Waals surface area contributed by atoms with Crippen LogP contribution in [0.5, 0.6) is 0 Å². The van der Waals surface area contributed by atoms with E-state index in [4.69, 9.17) is 5.11 Å². The number of hydrogen-bond donors (Lipinski definition) is 1. The molecule has 3 unspecified atom stereocenters. The first-order valence-corrected chi connectivity index (χ1v) is 6.19. The molecule has 1 aromatic rings. The Balaban J connectivity index is 1.92. The van der Waals surface area contributed by atoms with Crippen molar-refractivity contribution in [1.82, 2.24) is 4.90 Å². The van der Waals surface area contributed by atoms with E-state index in [-0.39, 0.29) is 5.92 Å². The summed E-state index contributed by atoms with van der Waals surface area (Å²) in [5.74, 6) is -0.459. The van der Waals surface area contributed by atoms with E-state index in [2.05, 4.69) is 36.2 Å². The van der Waals surface area contributed by atoms with Crippen molar-refractivity contribution in [3.8, 4) is 0 Å². The van der Waals surface area contributed by atoms with Gasteiger partial charge < -0.3 is 5.11 Å². The topological polar surface area (TPSA) is 40.5 Å². The van der Waals surface area contributed by atoms with Crippen molar-refractivity contribution in [1.29, 1.82) is 0 Å². The van der Waals surface area contributed by atoms with E-state index < -0.39 is 5.97 Å². The number of carboxylic acid groups (broad SMARTS) is 1. The van der Waals surface area contributed by atoms with Crippen molar-refractivity contribution < 1.29 is 9.90 Å². The lowest BCUT2D eigenvalue weighted by atomic mass is 9.89. The smallest absolute Gasteiger partial charge is 0.306 e. The second kappa shape index (κ2) is 3.84. The van der Waals surface area contributed by atoms with E-state index in [0.717, 1.165) is 19.4 Å². The van der Waals surface area contributed by atoms with Gasteiger partial charge >= 0.3 is 5.97 Å². The van der Waals surface area contributed by atoms with Gasteiger partial charge in [0, 0.05) is 12.6 Å². The van der Waals surface area contributed by atoms with Crippen LogP contribution in [0.1, 0.15) is 23.6 Å². The average Bonchev–Trinajstić information content (AvgIpc) is 3.09. The zero-order chi connectivity index (χ0) is 12.0. The van der Waals surface area contributed by atoms with Gasteiger partial charge in [-0.2, -0.15) is 0 Å². The summed E-state index contributed by atoms with van der Waals surface area (Å²) in [6.07, 6.45) is 1.91. The minimum atomic E-state index is -0.633. The number of likely N-dealkylation sites (N-methyl/N-ethyl adjacent to an activating group) is 1. The minimum Gasteiger partial charge on any atom is -0.481 e. The van der Waals surface area contributed by atoms with Gasteiger partial charge in [0.1, 0.15) is 0 Å². The molecule has 1 aliphatic carbocycles. The number of aliphatic carboxylic acids is 1. The van der Waals surface area contributed by atoms with Gasteiger partial charge in [0.25, 0.3) is 0 Å². The third-order valence-electron chi connectivity index (χ3n) is 4.14. The van der Waals surface area contributed by atoms with Crippen LogP contribution in [-0.4, -0.2) is 29.6 Å². The highest BCUT2D eigenvalue weighted by Gasteiger charge is 2.50. The van der Waals surface area contributed by atoms with Crippen LogP contribution in [0.3, 0.4) is 0 Å². The molecule has 3 heteroatoms. The van der Waals surface area contributed by atoms with Gasteiger partial charge in [-0.1, -0.05) is 24.3 Å². The van der Waals surface area contributed by atoms with Crippen LogP contribution in [0.25, 0.3) is 0 Å². The van der Waals surface area contributed by atoms with Crippen LogP contribution in [0.2, 0.25) is 0 Å². The molecule has 1 heterocycles. The molecule has 0 amide bonds. The van der Waals surface area contributed by atoms with Crippen LogP contribution < -0.4 is 0 Å². The highest BCUT2D eigenvalue weighted by atomic mass is 16.4. The molecule has 3 rings (SSSR count). The molecule has 3 nitrogen and oxygen atoms in total.